The van der Waals surface area contributed by atoms with Gasteiger partial charge in [-0.05, 0) is 81.8 Å². The Hall–Kier alpha value is -1.26. The SMILES string of the molecule is Cl.O=C(CC1CCNCC1)Nc1ccc(OC2CCCC2)cc1. The molecule has 1 saturated heterocycles. The molecule has 0 atom stereocenters. The Kier molecular flexibility index (Phi) is 7.18. The fourth-order valence-electron chi connectivity index (χ4n) is 3.38. The smallest absolute Gasteiger partial charge is 0.224 e. The molecular weight excluding hydrogens is 312 g/mol. The van der Waals surface area contributed by atoms with E-state index in [1.165, 1.54) is 12.8 Å². The lowest BCUT2D eigenvalue weighted by molar-refractivity contribution is -0.117. The van der Waals surface area contributed by atoms with E-state index >= 15 is 0 Å². The summed E-state index contributed by atoms with van der Waals surface area (Å²) in [4.78, 5) is 12.1. The maximum absolute atomic E-state index is 12.1. The molecule has 3 rings (SSSR count). The van der Waals surface area contributed by atoms with E-state index in [-0.39, 0.29) is 18.3 Å². The second-order valence-electron chi connectivity index (χ2n) is 6.49. The molecule has 1 aromatic carbocycles. The number of piperidine rings is 1. The average Bonchev–Trinajstić information content (AvgIpc) is 3.03. The van der Waals surface area contributed by atoms with Crippen molar-refractivity contribution < 1.29 is 9.53 Å². The van der Waals surface area contributed by atoms with Crippen LogP contribution in [0.25, 0.3) is 0 Å². The Labute approximate surface area is 144 Å². The van der Waals surface area contributed by atoms with Gasteiger partial charge in [0.05, 0.1) is 6.10 Å². The molecule has 1 aliphatic heterocycles. The van der Waals surface area contributed by atoms with E-state index in [1.807, 2.05) is 24.3 Å². The number of carbonyl (C=O) groups is 1. The minimum atomic E-state index is 0. The largest absolute Gasteiger partial charge is 0.490 e. The summed E-state index contributed by atoms with van der Waals surface area (Å²) in [5, 5.41) is 6.32. The van der Waals surface area contributed by atoms with Gasteiger partial charge in [-0.15, -0.1) is 12.4 Å². The molecular formula is C18H27ClN2O2. The summed E-state index contributed by atoms with van der Waals surface area (Å²) in [5.41, 5.74) is 0.859. The summed E-state index contributed by atoms with van der Waals surface area (Å²) in [6.45, 7) is 2.07. The molecule has 1 amide bonds. The van der Waals surface area contributed by atoms with Gasteiger partial charge in [0.2, 0.25) is 5.91 Å². The van der Waals surface area contributed by atoms with Crippen LogP contribution in [-0.4, -0.2) is 25.1 Å². The van der Waals surface area contributed by atoms with Crippen LogP contribution in [0.3, 0.4) is 0 Å². The Morgan fingerprint density at radius 2 is 1.74 bits per heavy atom. The molecule has 23 heavy (non-hydrogen) atoms. The predicted octanol–water partition coefficient (Wildman–Crippen LogP) is 3.76. The number of benzene rings is 1. The predicted molar refractivity (Wildman–Crippen MR) is 95.4 cm³/mol. The number of halogens is 1. The van der Waals surface area contributed by atoms with Crippen molar-refractivity contribution in [2.75, 3.05) is 18.4 Å². The van der Waals surface area contributed by atoms with Gasteiger partial charge in [0.25, 0.3) is 0 Å². The van der Waals surface area contributed by atoms with Crippen molar-refractivity contribution in [2.24, 2.45) is 5.92 Å². The van der Waals surface area contributed by atoms with Crippen LogP contribution in [0.15, 0.2) is 24.3 Å². The second-order valence-corrected chi connectivity index (χ2v) is 6.49. The Bertz CT molecular complexity index is 480. The molecule has 0 aromatic heterocycles. The molecule has 2 fully saturated rings. The highest BCUT2D eigenvalue weighted by Crippen LogP contribution is 2.25. The van der Waals surface area contributed by atoms with Crippen LogP contribution >= 0.6 is 12.4 Å². The molecule has 128 valence electrons. The molecule has 2 aliphatic rings. The first-order chi connectivity index (χ1) is 10.8. The van der Waals surface area contributed by atoms with E-state index in [1.54, 1.807) is 0 Å². The number of ether oxygens (including phenoxy) is 1. The zero-order valence-electron chi connectivity index (χ0n) is 13.6. The van der Waals surface area contributed by atoms with Gasteiger partial charge in [-0.1, -0.05) is 0 Å². The fourth-order valence-corrected chi connectivity index (χ4v) is 3.38. The standard InChI is InChI=1S/C18H26N2O2.ClH/c21-18(13-14-9-11-19-12-10-14)20-15-5-7-17(8-6-15)22-16-3-1-2-4-16;/h5-8,14,16,19H,1-4,9-13H2,(H,20,21);1H. The highest BCUT2D eigenvalue weighted by molar-refractivity contribution is 5.90. The lowest BCUT2D eigenvalue weighted by Gasteiger charge is -2.22. The van der Waals surface area contributed by atoms with Gasteiger partial charge in [-0.3, -0.25) is 4.79 Å². The van der Waals surface area contributed by atoms with Crippen molar-refractivity contribution in [2.45, 2.75) is 51.0 Å². The van der Waals surface area contributed by atoms with Gasteiger partial charge in [-0.25, -0.2) is 0 Å². The summed E-state index contributed by atoms with van der Waals surface area (Å²) in [5.74, 6) is 1.55. The Morgan fingerprint density at radius 3 is 2.39 bits per heavy atom. The number of hydrogen-bond acceptors (Lipinski definition) is 3. The monoisotopic (exact) mass is 338 g/mol. The van der Waals surface area contributed by atoms with E-state index in [0.717, 1.165) is 50.2 Å². The third-order valence-electron chi connectivity index (χ3n) is 4.68. The molecule has 0 unspecified atom stereocenters. The first kappa shape index (κ1) is 18.1. The maximum atomic E-state index is 12.1. The quantitative estimate of drug-likeness (QED) is 0.859. The number of rotatable bonds is 5. The van der Waals surface area contributed by atoms with Crippen LogP contribution in [0.5, 0.6) is 5.75 Å². The van der Waals surface area contributed by atoms with Crippen LogP contribution in [-0.2, 0) is 4.79 Å². The third kappa shape index (κ3) is 5.70. The highest BCUT2D eigenvalue weighted by atomic mass is 35.5. The van der Waals surface area contributed by atoms with E-state index in [2.05, 4.69) is 10.6 Å². The molecule has 0 radical (unpaired) electrons. The minimum absolute atomic E-state index is 0. The van der Waals surface area contributed by atoms with Crippen LogP contribution in [0.1, 0.15) is 44.9 Å². The average molecular weight is 339 g/mol. The molecule has 2 N–H and O–H groups in total. The van der Waals surface area contributed by atoms with Gasteiger partial charge < -0.3 is 15.4 Å². The summed E-state index contributed by atoms with van der Waals surface area (Å²) in [6, 6.07) is 7.78. The molecule has 5 heteroatoms. The number of amides is 1. The van der Waals surface area contributed by atoms with Crippen LogP contribution in [0, 0.1) is 5.92 Å². The van der Waals surface area contributed by atoms with Gasteiger partial charge in [0.15, 0.2) is 0 Å². The normalized spacial score (nSPS) is 19.1. The van der Waals surface area contributed by atoms with E-state index in [9.17, 15) is 4.79 Å². The zero-order chi connectivity index (χ0) is 15.2. The van der Waals surface area contributed by atoms with Crippen molar-refractivity contribution in [1.82, 2.24) is 5.32 Å². The molecule has 4 nitrogen and oxygen atoms in total. The second kappa shape index (κ2) is 9.14. The number of hydrogen-bond donors (Lipinski definition) is 2. The van der Waals surface area contributed by atoms with Crippen LogP contribution < -0.4 is 15.4 Å². The summed E-state index contributed by atoms with van der Waals surface area (Å²) in [7, 11) is 0. The molecule has 1 heterocycles. The summed E-state index contributed by atoms with van der Waals surface area (Å²) >= 11 is 0. The molecule has 1 aromatic rings. The lowest BCUT2D eigenvalue weighted by atomic mass is 9.94. The minimum Gasteiger partial charge on any atom is -0.490 e. The molecule has 1 saturated carbocycles. The van der Waals surface area contributed by atoms with E-state index in [4.69, 9.17) is 4.74 Å². The van der Waals surface area contributed by atoms with E-state index < -0.39 is 0 Å². The van der Waals surface area contributed by atoms with Gasteiger partial charge >= 0.3 is 0 Å². The number of anilines is 1. The Balaban J connectivity index is 0.00000192. The first-order valence-electron chi connectivity index (χ1n) is 8.57. The van der Waals surface area contributed by atoms with Gasteiger partial charge in [0.1, 0.15) is 5.75 Å². The molecule has 0 spiro atoms. The zero-order valence-corrected chi connectivity index (χ0v) is 14.4. The molecule has 0 bridgehead atoms. The van der Waals surface area contributed by atoms with Gasteiger partial charge in [-0.2, -0.15) is 0 Å². The summed E-state index contributed by atoms with van der Waals surface area (Å²) < 4.78 is 5.94. The third-order valence-corrected chi connectivity index (χ3v) is 4.68. The first-order valence-corrected chi connectivity index (χ1v) is 8.57. The number of carbonyl (C=O) groups excluding carboxylic acids is 1. The maximum Gasteiger partial charge on any atom is 0.224 e. The van der Waals surface area contributed by atoms with E-state index in [0.29, 0.717) is 18.4 Å². The van der Waals surface area contributed by atoms with Crippen molar-refractivity contribution in [1.29, 1.82) is 0 Å². The Morgan fingerprint density at radius 1 is 1.09 bits per heavy atom. The van der Waals surface area contributed by atoms with Crippen molar-refractivity contribution >= 4 is 24.0 Å². The van der Waals surface area contributed by atoms with Crippen LogP contribution in [0.2, 0.25) is 0 Å². The van der Waals surface area contributed by atoms with Crippen molar-refractivity contribution in [3.05, 3.63) is 24.3 Å². The highest BCUT2D eigenvalue weighted by Gasteiger charge is 2.18. The molecule has 1 aliphatic carbocycles. The summed E-state index contributed by atoms with van der Waals surface area (Å²) in [6.07, 6.45) is 8.07. The number of nitrogens with one attached hydrogen (secondary N) is 2. The topological polar surface area (TPSA) is 50.4 Å². The fraction of sp³-hybridized carbons (Fsp3) is 0.611. The lowest BCUT2D eigenvalue weighted by Crippen LogP contribution is -2.30. The van der Waals surface area contributed by atoms with Crippen LogP contribution in [0.4, 0.5) is 5.69 Å². The van der Waals surface area contributed by atoms with Gasteiger partial charge in [0, 0.05) is 12.1 Å². The van der Waals surface area contributed by atoms with Crippen molar-refractivity contribution in [3.8, 4) is 5.75 Å². The van der Waals surface area contributed by atoms with Crippen molar-refractivity contribution in [3.63, 3.8) is 0 Å².